The molecule has 1 aliphatic rings. The number of H-pyrrole nitrogens is 1. The molecule has 0 bridgehead atoms. The van der Waals surface area contributed by atoms with Crippen LogP contribution in [0, 0.1) is 0 Å². The molecule has 0 spiro atoms. The second-order valence-electron chi connectivity index (χ2n) is 7.95. The van der Waals surface area contributed by atoms with Crippen LogP contribution in [0.4, 0.5) is 0 Å². The van der Waals surface area contributed by atoms with E-state index in [1.54, 1.807) is 7.11 Å². The number of nitrogens with zero attached hydrogens (tertiary/aromatic N) is 3. The van der Waals surface area contributed by atoms with Crippen LogP contribution in [0.25, 0.3) is 21.9 Å². The van der Waals surface area contributed by atoms with E-state index in [2.05, 4.69) is 21.7 Å². The van der Waals surface area contributed by atoms with E-state index in [0.717, 1.165) is 65.8 Å². The molecule has 30 heavy (non-hydrogen) atoms. The van der Waals surface area contributed by atoms with Crippen molar-refractivity contribution in [1.29, 1.82) is 0 Å². The van der Waals surface area contributed by atoms with Crippen LogP contribution in [0.3, 0.4) is 0 Å². The lowest BCUT2D eigenvalue weighted by Crippen LogP contribution is -2.38. The molecule has 1 N–H and O–H groups in total. The molecule has 0 atom stereocenters. The highest BCUT2D eigenvalue weighted by molar-refractivity contribution is 6.06. The summed E-state index contributed by atoms with van der Waals surface area (Å²) in [6.45, 7) is 2.93. The highest BCUT2D eigenvalue weighted by Crippen LogP contribution is 2.29. The molecule has 6 heteroatoms. The van der Waals surface area contributed by atoms with Crippen molar-refractivity contribution in [3.05, 3.63) is 66.1 Å². The number of methoxy groups -OCH3 is 1. The molecule has 0 saturated carbocycles. The van der Waals surface area contributed by atoms with E-state index < -0.39 is 0 Å². The van der Waals surface area contributed by atoms with Gasteiger partial charge in [0, 0.05) is 55.3 Å². The van der Waals surface area contributed by atoms with Gasteiger partial charge < -0.3 is 19.2 Å². The molecule has 2 aromatic carbocycles. The van der Waals surface area contributed by atoms with Crippen molar-refractivity contribution < 1.29 is 9.53 Å². The van der Waals surface area contributed by atoms with Crippen LogP contribution in [0.15, 0.2) is 54.7 Å². The van der Waals surface area contributed by atoms with Crippen LogP contribution in [0.5, 0.6) is 0 Å². The number of benzene rings is 2. The number of nitrogens with one attached hydrogen (secondary N) is 1. The summed E-state index contributed by atoms with van der Waals surface area (Å²) in [5.41, 5.74) is 3.95. The second-order valence-corrected chi connectivity index (χ2v) is 7.95. The number of amides is 1. The number of para-hydroxylation sites is 2. The molecule has 2 aromatic heterocycles. The van der Waals surface area contributed by atoms with Crippen LogP contribution in [0.1, 0.15) is 34.9 Å². The first kappa shape index (κ1) is 18.9. The van der Waals surface area contributed by atoms with Gasteiger partial charge in [-0.15, -0.1) is 0 Å². The Morgan fingerprint density at radius 1 is 1.13 bits per heavy atom. The summed E-state index contributed by atoms with van der Waals surface area (Å²) >= 11 is 0. The average Bonchev–Trinajstić information content (AvgIpc) is 3.41. The number of aromatic amines is 1. The van der Waals surface area contributed by atoms with Gasteiger partial charge in [0.2, 0.25) is 0 Å². The number of ether oxygens (including phenoxy) is 1. The number of hydrogen-bond acceptors (Lipinski definition) is 3. The number of carbonyl (C=O) groups is 1. The number of fused-ring (bicyclic) bond motifs is 2. The first-order valence-electron chi connectivity index (χ1n) is 10.6. The minimum atomic E-state index is 0.119. The number of imidazole rings is 1. The highest BCUT2D eigenvalue weighted by Gasteiger charge is 2.27. The molecular weight excluding hydrogens is 376 g/mol. The third-order valence-electron chi connectivity index (χ3n) is 6.16. The summed E-state index contributed by atoms with van der Waals surface area (Å²) < 4.78 is 7.34. The summed E-state index contributed by atoms with van der Waals surface area (Å²) in [5, 5.41) is 1.01. The van der Waals surface area contributed by atoms with E-state index in [1.165, 1.54) is 0 Å². The maximum atomic E-state index is 13.3. The van der Waals surface area contributed by atoms with Gasteiger partial charge in [-0.1, -0.05) is 18.2 Å². The standard InChI is InChI=1S/C24H26N4O2/c1-30-16-15-27-14-11-18-19(5-4-8-22(18)27)24(29)28-12-9-17(10-13-28)23-25-20-6-2-3-7-21(20)26-23/h2-8,11,14,17H,9-10,12-13,15-16H2,1H3,(H,25,26). The molecule has 1 saturated heterocycles. The van der Waals surface area contributed by atoms with Crippen LogP contribution in [-0.2, 0) is 11.3 Å². The molecule has 1 fully saturated rings. The fourth-order valence-electron chi connectivity index (χ4n) is 4.49. The van der Waals surface area contributed by atoms with Gasteiger partial charge in [-0.2, -0.15) is 0 Å². The molecule has 154 valence electrons. The number of piperidine rings is 1. The summed E-state index contributed by atoms with van der Waals surface area (Å²) in [4.78, 5) is 23.5. The maximum absolute atomic E-state index is 13.3. The summed E-state index contributed by atoms with van der Waals surface area (Å²) in [6, 6.07) is 16.1. The molecule has 4 aromatic rings. The predicted octanol–water partition coefficient (Wildman–Crippen LogP) is 4.18. The van der Waals surface area contributed by atoms with Crippen molar-refractivity contribution in [2.75, 3.05) is 26.8 Å². The third-order valence-corrected chi connectivity index (χ3v) is 6.16. The van der Waals surface area contributed by atoms with Crippen LogP contribution in [0.2, 0.25) is 0 Å². The van der Waals surface area contributed by atoms with Crippen molar-refractivity contribution in [3.63, 3.8) is 0 Å². The van der Waals surface area contributed by atoms with Crippen molar-refractivity contribution in [1.82, 2.24) is 19.4 Å². The SMILES string of the molecule is COCCn1ccc2c(C(=O)N3CCC(c4nc5ccccc5[nH]4)CC3)cccc21. The quantitative estimate of drug-likeness (QED) is 0.545. The minimum absolute atomic E-state index is 0.119. The lowest BCUT2D eigenvalue weighted by Gasteiger charge is -2.31. The van der Waals surface area contributed by atoms with Crippen molar-refractivity contribution in [3.8, 4) is 0 Å². The first-order chi connectivity index (χ1) is 14.7. The van der Waals surface area contributed by atoms with Crippen LogP contribution < -0.4 is 0 Å². The second kappa shape index (κ2) is 7.95. The summed E-state index contributed by atoms with van der Waals surface area (Å²) in [5.74, 6) is 1.53. The number of rotatable bonds is 5. The molecule has 3 heterocycles. The van der Waals surface area contributed by atoms with E-state index in [4.69, 9.17) is 9.72 Å². The van der Waals surface area contributed by atoms with E-state index in [0.29, 0.717) is 12.5 Å². The van der Waals surface area contributed by atoms with Crippen molar-refractivity contribution >= 4 is 27.8 Å². The van der Waals surface area contributed by atoms with Gasteiger partial charge in [0.05, 0.1) is 17.6 Å². The van der Waals surface area contributed by atoms with Gasteiger partial charge in [0.15, 0.2) is 0 Å². The molecular formula is C24H26N4O2. The Kier molecular flexibility index (Phi) is 5.01. The van der Waals surface area contributed by atoms with Crippen LogP contribution >= 0.6 is 0 Å². The Hall–Kier alpha value is -3.12. The molecule has 0 aliphatic carbocycles. The average molecular weight is 402 g/mol. The third kappa shape index (κ3) is 3.37. The van der Waals surface area contributed by atoms with E-state index in [9.17, 15) is 4.79 Å². The Bertz CT molecular complexity index is 1150. The highest BCUT2D eigenvalue weighted by atomic mass is 16.5. The fraction of sp³-hybridized carbons (Fsp3) is 0.333. The zero-order valence-electron chi connectivity index (χ0n) is 17.2. The van der Waals surface area contributed by atoms with Gasteiger partial charge in [0.25, 0.3) is 5.91 Å². The maximum Gasteiger partial charge on any atom is 0.254 e. The van der Waals surface area contributed by atoms with Crippen LogP contribution in [-0.4, -0.2) is 52.1 Å². The van der Waals surface area contributed by atoms with Gasteiger partial charge in [-0.05, 0) is 43.2 Å². The molecule has 1 amide bonds. The van der Waals surface area contributed by atoms with Gasteiger partial charge in [-0.25, -0.2) is 4.98 Å². The molecule has 5 rings (SSSR count). The Morgan fingerprint density at radius 2 is 1.97 bits per heavy atom. The lowest BCUT2D eigenvalue weighted by molar-refractivity contribution is 0.0713. The normalized spacial score (nSPS) is 15.3. The molecule has 0 radical (unpaired) electrons. The monoisotopic (exact) mass is 402 g/mol. The topological polar surface area (TPSA) is 63.1 Å². The predicted molar refractivity (Wildman–Crippen MR) is 118 cm³/mol. The molecule has 0 unspecified atom stereocenters. The number of hydrogen-bond donors (Lipinski definition) is 1. The lowest BCUT2D eigenvalue weighted by atomic mass is 9.95. The largest absolute Gasteiger partial charge is 0.383 e. The minimum Gasteiger partial charge on any atom is -0.383 e. The zero-order chi connectivity index (χ0) is 20.5. The smallest absolute Gasteiger partial charge is 0.254 e. The van der Waals surface area contributed by atoms with Gasteiger partial charge >= 0.3 is 0 Å². The van der Waals surface area contributed by atoms with E-state index in [-0.39, 0.29) is 5.91 Å². The van der Waals surface area contributed by atoms with Gasteiger partial charge in [0.1, 0.15) is 5.82 Å². The summed E-state index contributed by atoms with van der Waals surface area (Å²) in [6.07, 6.45) is 3.89. The zero-order valence-corrected chi connectivity index (χ0v) is 17.2. The molecule has 1 aliphatic heterocycles. The first-order valence-corrected chi connectivity index (χ1v) is 10.6. The Labute approximate surface area is 175 Å². The number of carbonyl (C=O) groups excluding carboxylic acids is 1. The van der Waals surface area contributed by atoms with E-state index in [1.807, 2.05) is 47.5 Å². The number of aromatic nitrogens is 3. The summed E-state index contributed by atoms with van der Waals surface area (Å²) in [7, 11) is 1.70. The molecule has 6 nitrogen and oxygen atoms in total. The number of likely N-dealkylation sites (tertiary alicyclic amines) is 1. The van der Waals surface area contributed by atoms with Gasteiger partial charge in [-0.3, -0.25) is 4.79 Å². The van der Waals surface area contributed by atoms with E-state index >= 15 is 0 Å². The fourth-order valence-corrected chi connectivity index (χ4v) is 4.49. The Morgan fingerprint density at radius 3 is 2.77 bits per heavy atom. The van der Waals surface area contributed by atoms with Crippen molar-refractivity contribution in [2.45, 2.75) is 25.3 Å². The van der Waals surface area contributed by atoms with Crippen molar-refractivity contribution in [2.24, 2.45) is 0 Å². The Balaban J connectivity index is 1.31.